The molecule has 3 aromatic carbocycles. The number of aromatic nitrogens is 2. The molecule has 0 radical (unpaired) electrons. The van der Waals surface area contributed by atoms with E-state index in [2.05, 4.69) is 15.3 Å². The van der Waals surface area contributed by atoms with Gasteiger partial charge in [-0.05, 0) is 48.9 Å². The molecule has 0 aliphatic rings. The van der Waals surface area contributed by atoms with E-state index in [-0.39, 0.29) is 17.0 Å². The lowest BCUT2D eigenvalue weighted by molar-refractivity contribution is -0.116. The number of carbonyl (C=O) groups excluding carboxylic acids is 1. The second-order valence-electron chi connectivity index (χ2n) is 8.08. The van der Waals surface area contributed by atoms with E-state index in [0.717, 1.165) is 16.4 Å². The number of aryl methyl sites for hydroxylation is 1. The molecule has 4 rings (SSSR count). The molecule has 0 bridgehead atoms. The van der Waals surface area contributed by atoms with E-state index in [1.807, 2.05) is 0 Å². The number of halogens is 1. The molecule has 36 heavy (non-hydrogen) atoms. The lowest BCUT2D eigenvalue weighted by atomic mass is 10.2. The third kappa shape index (κ3) is 6.09. The minimum absolute atomic E-state index is 0.0531. The van der Waals surface area contributed by atoms with Crippen LogP contribution < -0.4 is 10.9 Å². The minimum atomic E-state index is -4.11. The highest BCUT2D eigenvalue weighted by molar-refractivity contribution is 7.89. The Labute approximate surface area is 207 Å². The topological polar surface area (TPSA) is 112 Å². The summed E-state index contributed by atoms with van der Waals surface area (Å²) in [4.78, 5) is 31.6. The van der Waals surface area contributed by atoms with Gasteiger partial charge in [0.15, 0.2) is 0 Å². The van der Waals surface area contributed by atoms with Crippen LogP contribution in [0.25, 0.3) is 11.4 Å². The number of sulfonamides is 1. The summed E-state index contributed by atoms with van der Waals surface area (Å²) >= 11 is 0. The Morgan fingerprint density at radius 2 is 1.72 bits per heavy atom. The van der Waals surface area contributed by atoms with Gasteiger partial charge < -0.3 is 10.3 Å². The Kier molecular flexibility index (Phi) is 7.37. The third-order valence-electron chi connectivity index (χ3n) is 5.26. The maximum absolute atomic E-state index is 13.4. The number of amides is 1. The van der Waals surface area contributed by atoms with Crippen molar-refractivity contribution in [1.29, 1.82) is 0 Å². The molecule has 0 fully saturated rings. The van der Waals surface area contributed by atoms with Gasteiger partial charge in [-0.15, -0.1) is 0 Å². The second kappa shape index (κ2) is 10.6. The van der Waals surface area contributed by atoms with Crippen molar-refractivity contribution in [3.05, 3.63) is 112 Å². The van der Waals surface area contributed by atoms with Crippen LogP contribution in [0.3, 0.4) is 0 Å². The molecule has 10 heteroatoms. The molecule has 8 nitrogen and oxygen atoms in total. The fourth-order valence-corrected chi connectivity index (χ4v) is 4.97. The molecule has 184 valence electrons. The zero-order valence-corrected chi connectivity index (χ0v) is 20.1. The molecule has 0 spiro atoms. The standard InChI is InChI=1S/C26H23FN4O4S/c1-18-14-24(32)30-26(28-18)20-8-5-9-22(15-20)29-25(33)17-31(16-19-6-3-2-4-7-19)36(34,35)23-12-10-21(27)11-13-23/h2-15H,16-17H2,1H3,(H,29,33)(H,28,30,32). The van der Waals surface area contributed by atoms with Crippen LogP contribution >= 0.6 is 0 Å². The average Bonchev–Trinajstić information content (AvgIpc) is 2.84. The van der Waals surface area contributed by atoms with Gasteiger partial charge in [-0.1, -0.05) is 42.5 Å². The molecule has 0 aliphatic heterocycles. The Morgan fingerprint density at radius 1 is 1.00 bits per heavy atom. The fourth-order valence-electron chi connectivity index (χ4n) is 3.59. The van der Waals surface area contributed by atoms with Gasteiger partial charge in [0.2, 0.25) is 15.9 Å². The molecule has 1 aromatic heterocycles. The quantitative estimate of drug-likeness (QED) is 0.378. The summed E-state index contributed by atoms with van der Waals surface area (Å²) in [6, 6.07) is 21.4. The normalized spacial score (nSPS) is 11.4. The SMILES string of the molecule is Cc1cc(=O)[nH]c(-c2cccc(NC(=O)CN(Cc3ccccc3)S(=O)(=O)c3ccc(F)cc3)c2)n1. The van der Waals surface area contributed by atoms with Gasteiger partial charge in [0.1, 0.15) is 11.6 Å². The van der Waals surface area contributed by atoms with Gasteiger partial charge >= 0.3 is 0 Å². The number of hydrogen-bond donors (Lipinski definition) is 2. The summed E-state index contributed by atoms with van der Waals surface area (Å²) in [5, 5.41) is 2.71. The van der Waals surface area contributed by atoms with Crippen molar-refractivity contribution >= 4 is 21.6 Å². The van der Waals surface area contributed by atoms with Crippen LogP contribution in [0.15, 0.2) is 94.6 Å². The van der Waals surface area contributed by atoms with Crippen LogP contribution in [0.5, 0.6) is 0 Å². The predicted molar refractivity (Wildman–Crippen MR) is 134 cm³/mol. The summed E-state index contributed by atoms with van der Waals surface area (Å²) in [5.41, 5.74) is 1.92. The highest BCUT2D eigenvalue weighted by atomic mass is 32.2. The van der Waals surface area contributed by atoms with Crippen molar-refractivity contribution < 1.29 is 17.6 Å². The smallest absolute Gasteiger partial charge is 0.251 e. The highest BCUT2D eigenvalue weighted by Crippen LogP contribution is 2.21. The number of rotatable bonds is 8. The first-order chi connectivity index (χ1) is 17.2. The molecule has 0 atom stereocenters. The summed E-state index contributed by atoms with van der Waals surface area (Å²) in [6.07, 6.45) is 0. The Bertz CT molecular complexity index is 1540. The van der Waals surface area contributed by atoms with E-state index in [4.69, 9.17) is 0 Å². The van der Waals surface area contributed by atoms with Crippen molar-refractivity contribution in [3.8, 4) is 11.4 Å². The number of hydrogen-bond acceptors (Lipinski definition) is 5. The molecule has 0 aliphatic carbocycles. The van der Waals surface area contributed by atoms with Gasteiger partial charge in [0.05, 0.1) is 11.4 Å². The molecule has 1 heterocycles. The molecule has 0 saturated carbocycles. The second-order valence-corrected chi connectivity index (χ2v) is 10.0. The van der Waals surface area contributed by atoms with Crippen molar-refractivity contribution in [2.24, 2.45) is 0 Å². The first kappa shape index (κ1) is 25.0. The summed E-state index contributed by atoms with van der Waals surface area (Å²) in [5.74, 6) is -0.786. The van der Waals surface area contributed by atoms with Crippen LogP contribution in [0.4, 0.5) is 10.1 Å². The lowest BCUT2D eigenvalue weighted by Gasteiger charge is -2.22. The number of nitrogens with one attached hydrogen (secondary N) is 2. The van der Waals surface area contributed by atoms with Crippen molar-refractivity contribution in [1.82, 2.24) is 14.3 Å². The predicted octanol–water partition coefficient (Wildman–Crippen LogP) is 3.71. The zero-order chi connectivity index (χ0) is 25.7. The molecule has 0 saturated heterocycles. The summed E-state index contributed by atoms with van der Waals surface area (Å²) in [7, 11) is -4.11. The molecule has 1 amide bonds. The van der Waals surface area contributed by atoms with Crippen molar-refractivity contribution in [2.45, 2.75) is 18.4 Å². The first-order valence-corrected chi connectivity index (χ1v) is 12.4. The fraction of sp³-hybridized carbons (Fsp3) is 0.115. The number of H-pyrrole nitrogens is 1. The van der Waals surface area contributed by atoms with E-state index < -0.39 is 28.3 Å². The number of aromatic amines is 1. The van der Waals surface area contributed by atoms with E-state index >= 15 is 0 Å². The lowest BCUT2D eigenvalue weighted by Crippen LogP contribution is -2.37. The summed E-state index contributed by atoms with van der Waals surface area (Å²) < 4.78 is 41.1. The maximum atomic E-state index is 13.4. The Morgan fingerprint density at radius 3 is 2.42 bits per heavy atom. The van der Waals surface area contributed by atoms with Gasteiger partial charge in [-0.2, -0.15) is 4.31 Å². The molecule has 4 aromatic rings. The highest BCUT2D eigenvalue weighted by Gasteiger charge is 2.27. The van der Waals surface area contributed by atoms with Crippen LogP contribution in [-0.2, 0) is 21.4 Å². The summed E-state index contributed by atoms with van der Waals surface area (Å²) in [6.45, 7) is 1.17. The number of benzene rings is 3. The molecular weight excluding hydrogens is 483 g/mol. The number of carbonyl (C=O) groups is 1. The van der Waals surface area contributed by atoms with Gasteiger partial charge in [-0.3, -0.25) is 9.59 Å². The van der Waals surface area contributed by atoms with Crippen LogP contribution in [-0.4, -0.2) is 35.1 Å². The van der Waals surface area contributed by atoms with E-state index in [0.29, 0.717) is 28.3 Å². The largest absolute Gasteiger partial charge is 0.325 e. The third-order valence-corrected chi connectivity index (χ3v) is 7.07. The van der Waals surface area contributed by atoms with Gasteiger partial charge in [0.25, 0.3) is 5.56 Å². The molecular formula is C26H23FN4O4S. The zero-order valence-electron chi connectivity index (χ0n) is 19.3. The van der Waals surface area contributed by atoms with Crippen LogP contribution in [0, 0.1) is 12.7 Å². The van der Waals surface area contributed by atoms with E-state index in [1.54, 1.807) is 61.5 Å². The molecule has 2 N–H and O–H groups in total. The first-order valence-electron chi connectivity index (χ1n) is 11.0. The van der Waals surface area contributed by atoms with Crippen LogP contribution in [0.1, 0.15) is 11.3 Å². The number of anilines is 1. The van der Waals surface area contributed by atoms with E-state index in [1.165, 1.54) is 18.2 Å². The maximum Gasteiger partial charge on any atom is 0.251 e. The Hall–Kier alpha value is -4.15. The van der Waals surface area contributed by atoms with Crippen molar-refractivity contribution in [2.75, 3.05) is 11.9 Å². The van der Waals surface area contributed by atoms with Gasteiger partial charge in [0, 0.05) is 29.6 Å². The average molecular weight is 507 g/mol. The Balaban J connectivity index is 1.58. The minimum Gasteiger partial charge on any atom is -0.325 e. The van der Waals surface area contributed by atoms with E-state index in [9.17, 15) is 22.4 Å². The van der Waals surface area contributed by atoms with Crippen molar-refractivity contribution in [3.63, 3.8) is 0 Å². The van der Waals surface area contributed by atoms with Crippen LogP contribution in [0.2, 0.25) is 0 Å². The molecule has 0 unspecified atom stereocenters. The monoisotopic (exact) mass is 506 g/mol. The number of nitrogens with zero attached hydrogens (tertiary/aromatic N) is 2. The van der Waals surface area contributed by atoms with Gasteiger partial charge in [-0.25, -0.2) is 17.8 Å².